The number of carbonyl (C=O) groups excluding carboxylic acids is 2. The third kappa shape index (κ3) is 2.07. The van der Waals surface area contributed by atoms with E-state index in [-0.39, 0.29) is 47.1 Å². The van der Waals surface area contributed by atoms with Gasteiger partial charge in [0.15, 0.2) is 0 Å². The van der Waals surface area contributed by atoms with Gasteiger partial charge in [0.25, 0.3) is 0 Å². The van der Waals surface area contributed by atoms with E-state index in [9.17, 15) is 14.7 Å². The molecule has 4 nitrogen and oxygen atoms in total. The SMILES string of the molecule is C=CCCC12C=CC(C1)C1C(=O)N(C3CCC(O)CC3)C(=O)C12. The second-order valence-electron chi connectivity index (χ2n) is 7.80. The van der Waals surface area contributed by atoms with Crippen molar-refractivity contribution < 1.29 is 14.7 Å². The van der Waals surface area contributed by atoms with Gasteiger partial charge in [-0.15, -0.1) is 6.58 Å². The van der Waals surface area contributed by atoms with Crippen molar-refractivity contribution >= 4 is 11.8 Å². The van der Waals surface area contributed by atoms with Gasteiger partial charge in [0, 0.05) is 11.5 Å². The van der Waals surface area contributed by atoms with Crippen molar-refractivity contribution in [1.29, 1.82) is 0 Å². The molecule has 0 radical (unpaired) electrons. The van der Waals surface area contributed by atoms with Crippen LogP contribution in [0.15, 0.2) is 24.8 Å². The molecule has 4 rings (SSSR count). The maximum absolute atomic E-state index is 13.1. The topological polar surface area (TPSA) is 57.6 Å². The van der Waals surface area contributed by atoms with Crippen molar-refractivity contribution in [2.24, 2.45) is 23.2 Å². The van der Waals surface area contributed by atoms with E-state index in [0.717, 1.165) is 32.1 Å². The summed E-state index contributed by atoms with van der Waals surface area (Å²) in [6, 6.07) is -0.000135. The molecule has 0 aromatic heterocycles. The van der Waals surface area contributed by atoms with Crippen LogP contribution in [0.1, 0.15) is 44.9 Å². The van der Waals surface area contributed by atoms with Gasteiger partial charge in [-0.3, -0.25) is 14.5 Å². The minimum absolute atomic E-state index is 0.000135. The Labute approximate surface area is 137 Å². The van der Waals surface area contributed by atoms with Gasteiger partial charge in [-0.2, -0.15) is 0 Å². The molecule has 3 fully saturated rings. The zero-order valence-corrected chi connectivity index (χ0v) is 13.5. The summed E-state index contributed by atoms with van der Waals surface area (Å²) in [7, 11) is 0. The molecule has 1 heterocycles. The number of hydrogen-bond acceptors (Lipinski definition) is 3. The summed E-state index contributed by atoms with van der Waals surface area (Å²) in [6.07, 6.45) is 11.7. The molecule has 0 aromatic carbocycles. The number of allylic oxidation sites excluding steroid dienone is 3. The van der Waals surface area contributed by atoms with E-state index in [1.165, 1.54) is 0 Å². The van der Waals surface area contributed by atoms with Crippen LogP contribution in [0, 0.1) is 23.2 Å². The number of fused-ring (bicyclic) bond motifs is 5. The lowest BCUT2D eigenvalue weighted by Gasteiger charge is -2.34. The highest BCUT2D eigenvalue weighted by Crippen LogP contribution is 2.62. The first-order valence-electron chi connectivity index (χ1n) is 8.92. The Kier molecular flexibility index (Phi) is 3.49. The number of imide groups is 1. The van der Waals surface area contributed by atoms with Crippen molar-refractivity contribution in [3.63, 3.8) is 0 Å². The molecule has 1 aliphatic heterocycles. The second-order valence-corrected chi connectivity index (χ2v) is 7.80. The summed E-state index contributed by atoms with van der Waals surface area (Å²) in [5, 5.41) is 9.69. The van der Waals surface area contributed by atoms with Crippen LogP contribution in [0.5, 0.6) is 0 Å². The molecule has 4 unspecified atom stereocenters. The van der Waals surface area contributed by atoms with Gasteiger partial charge in [0.2, 0.25) is 11.8 Å². The molecular formula is C19H25NO3. The molecule has 124 valence electrons. The van der Waals surface area contributed by atoms with Gasteiger partial charge in [-0.25, -0.2) is 0 Å². The van der Waals surface area contributed by atoms with E-state index in [2.05, 4.69) is 18.7 Å². The monoisotopic (exact) mass is 315 g/mol. The molecule has 2 saturated carbocycles. The third-order valence-electron chi connectivity index (χ3n) is 6.60. The first-order chi connectivity index (χ1) is 11.1. The van der Waals surface area contributed by atoms with E-state index in [4.69, 9.17) is 0 Å². The predicted octanol–water partition coefficient (Wildman–Crippen LogP) is 2.43. The van der Waals surface area contributed by atoms with Gasteiger partial charge in [0.05, 0.1) is 17.9 Å². The van der Waals surface area contributed by atoms with Gasteiger partial charge in [-0.1, -0.05) is 18.2 Å². The van der Waals surface area contributed by atoms with Crippen LogP contribution in [0.3, 0.4) is 0 Å². The van der Waals surface area contributed by atoms with Crippen LogP contribution in [-0.2, 0) is 9.59 Å². The highest BCUT2D eigenvalue weighted by atomic mass is 16.3. The number of carbonyl (C=O) groups is 2. The molecule has 4 atom stereocenters. The Morgan fingerprint density at radius 1 is 1.26 bits per heavy atom. The number of hydrogen-bond donors (Lipinski definition) is 1. The standard InChI is InChI=1S/C19H25NO3/c1-2-3-9-19-10-8-12(11-19)15-16(19)18(23)20(17(15)22)13-4-6-14(21)7-5-13/h2,8,10,12-16,21H,1,3-7,9,11H2. The minimum Gasteiger partial charge on any atom is -0.393 e. The summed E-state index contributed by atoms with van der Waals surface area (Å²) < 4.78 is 0. The molecule has 4 heteroatoms. The van der Waals surface area contributed by atoms with E-state index in [0.29, 0.717) is 12.8 Å². The fourth-order valence-corrected chi connectivity index (χ4v) is 5.50. The molecule has 23 heavy (non-hydrogen) atoms. The molecule has 1 saturated heterocycles. The molecule has 0 aromatic rings. The fourth-order valence-electron chi connectivity index (χ4n) is 5.50. The van der Waals surface area contributed by atoms with Crippen LogP contribution in [0.25, 0.3) is 0 Å². The number of aliphatic hydroxyl groups is 1. The molecule has 2 amide bonds. The zero-order chi connectivity index (χ0) is 16.2. The maximum atomic E-state index is 13.1. The summed E-state index contributed by atoms with van der Waals surface area (Å²) >= 11 is 0. The highest BCUT2D eigenvalue weighted by Gasteiger charge is 2.66. The van der Waals surface area contributed by atoms with Crippen molar-refractivity contribution in [2.45, 2.75) is 57.1 Å². The molecule has 2 bridgehead atoms. The summed E-state index contributed by atoms with van der Waals surface area (Å²) in [4.78, 5) is 27.7. The van der Waals surface area contributed by atoms with Gasteiger partial charge in [-0.05, 0) is 50.9 Å². The van der Waals surface area contributed by atoms with Crippen molar-refractivity contribution in [1.82, 2.24) is 4.90 Å². The minimum atomic E-state index is -0.268. The average molecular weight is 315 g/mol. The van der Waals surface area contributed by atoms with E-state index in [1.807, 2.05) is 6.08 Å². The lowest BCUT2D eigenvalue weighted by Crippen LogP contribution is -2.45. The lowest BCUT2D eigenvalue weighted by molar-refractivity contribution is -0.145. The first-order valence-corrected chi connectivity index (χ1v) is 8.92. The van der Waals surface area contributed by atoms with Crippen molar-refractivity contribution in [3.05, 3.63) is 24.8 Å². The molecular weight excluding hydrogens is 290 g/mol. The largest absolute Gasteiger partial charge is 0.393 e. The normalized spacial score (nSPS) is 44.9. The second kappa shape index (κ2) is 5.30. The Morgan fingerprint density at radius 2 is 2.00 bits per heavy atom. The van der Waals surface area contributed by atoms with Crippen LogP contribution < -0.4 is 0 Å². The quantitative estimate of drug-likeness (QED) is 0.640. The molecule has 3 aliphatic carbocycles. The third-order valence-corrected chi connectivity index (χ3v) is 6.60. The smallest absolute Gasteiger partial charge is 0.234 e. The van der Waals surface area contributed by atoms with Crippen LogP contribution in [0.2, 0.25) is 0 Å². The first kappa shape index (κ1) is 15.1. The van der Waals surface area contributed by atoms with Crippen molar-refractivity contribution in [3.8, 4) is 0 Å². The number of amides is 2. The van der Waals surface area contributed by atoms with Crippen LogP contribution >= 0.6 is 0 Å². The summed E-state index contributed by atoms with van der Waals surface area (Å²) in [6.45, 7) is 3.81. The fraction of sp³-hybridized carbons (Fsp3) is 0.684. The highest BCUT2D eigenvalue weighted by molar-refractivity contribution is 6.07. The number of aliphatic hydroxyl groups excluding tert-OH is 1. The molecule has 4 aliphatic rings. The van der Waals surface area contributed by atoms with Crippen molar-refractivity contribution in [2.75, 3.05) is 0 Å². The Bertz CT molecular complexity index is 575. The van der Waals surface area contributed by atoms with E-state index < -0.39 is 0 Å². The number of nitrogens with zero attached hydrogens (tertiary/aromatic N) is 1. The Balaban J connectivity index is 1.60. The molecule has 0 spiro atoms. The van der Waals surface area contributed by atoms with E-state index >= 15 is 0 Å². The van der Waals surface area contributed by atoms with Gasteiger partial charge < -0.3 is 5.11 Å². The number of rotatable bonds is 4. The Hall–Kier alpha value is -1.42. The molecule has 1 N–H and O–H groups in total. The van der Waals surface area contributed by atoms with Gasteiger partial charge in [0.1, 0.15) is 0 Å². The summed E-state index contributed by atoms with van der Waals surface area (Å²) in [5.74, 6) is 0.0509. The predicted molar refractivity (Wildman–Crippen MR) is 86.2 cm³/mol. The lowest BCUT2D eigenvalue weighted by atomic mass is 9.72. The summed E-state index contributed by atoms with van der Waals surface area (Å²) in [5.41, 5.74) is -0.126. The van der Waals surface area contributed by atoms with Gasteiger partial charge >= 0.3 is 0 Å². The average Bonchev–Trinajstić information content (AvgIpc) is 3.18. The Morgan fingerprint density at radius 3 is 2.70 bits per heavy atom. The van der Waals surface area contributed by atoms with Crippen LogP contribution in [0.4, 0.5) is 0 Å². The zero-order valence-electron chi connectivity index (χ0n) is 13.5. The number of likely N-dealkylation sites (tertiary alicyclic amines) is 1. The van der Waals surface area contributed by atoms with E-state index in [1.54, 1.807) is 4.90 Å². The van der Waals surface area contributed by atoms with Crippen LogP contribution in [-0.4, -0.2) is 34.0 Å². The maximum Gasteiger partial charge on any atom is 0.234 e.